The number of phenolic OH excluding ortho intramolecular Hbond substituents is 1. The first-order chi connectivity index (χ1) is 8.29. The van der Waals surface area contributed by atoms with Crippen molar-refractivity contribution in [3.05, 3.63) is 59.7 Å². The van der Waals surface area contributed by atoms with Gasteiger partial charge in [-0.2, -0.15) is 0 Å². The molecule has 2 heteroatoms. The minimum absolute atomic E-state index is 0.241. The molecule has 0 heterocycles. The maximum absolute atomic E-state index is 9.37. The molecule has 0 fully saturated rings. The van der Waals surface area contributed by atoms with Gasteiger partial charge in [0, 0.05) is 6.07 Å². The summed E-state index contributed by atoms with van der Waals surface area (Å²) in [7, 11) is 1.63. The van der Waals surface area contributed by atoms with Crippen LogP contribution in [0.2, 0.25) is 0 Å². The number of ether oxygens (including phenoxy) is 1. The van der Waals surface area contributed by atoms with Gasteiger partial charge in [-0.3, -0.25) is 0 Å². The molecular weight excluding hydrogens is 212 g/mol. The molecule has 0 aliphatic rings. The van der Waals surface area contributed by atoms with Gasteiger partial charge in [0.15, 0.2) is 0 Å². The summed E-state index contributed by atoms with van der Waals surface area (Å²) in [6, 6.07) is 15.6. The molecule has 2 rings (SSSR count). The van der Waals surface area contributed by atoms with Crippen molar-refractivity contribution >= 4 is 0 Å². The lowest BCUT2D eigenvalue weighted by atomic mass is 10.0. The minimum Gasteiger partial charge on any atom is -0.508 e. The Hall–Kier alpha value is -1.96. The van der Waals surface area contributed by atoms with Crippen molar-refractivity contribution in [3.8, 4) is 11.5 Å². The van der Waals surface area contributed by atoms with Crippen LogP contribution in [-0.4, -0.2) is 12.2 Å². The van der Waals surface area contributed by atoms with E-state index in [4.69, 9.17) is 4.74 Å². The predicted octanol–water partition coefficient (Wildman–Crippen LogP) is 3.19. The Morgan fingerprint density at radius 1 is 1.00 bits per heavy atom. The molecule has 0 unspecified atom stereocenters. The van der Waals surface area contributed by atoms with Gasteiger partial charge in [0.1, 0.15) is 11.5 Å². The lowest BCUT2D eigenvalue weighted by Gasteiger charge is -2.08. The first-order valence-electron chi connectivity index (χ1n) is 5.69. The van der Waals surface area contributed by atoms with Crippen LogP contribution in [0.3, 0.4) is 0 Å². The summed E-state index contributed by atoms with van der Waals surface area (Å²) < 4.78 is 5.25. The average molecular weight is 228 g/mol. The van der Waals surface area contributed by atoms with Crippen LogP contribution in [0.5, 0.6) is 11.5 Å². The van der Waals surface area contributed by atoms with Gasteiger partial charge in [-0.05, 0) is 30.0 Å². The van der Waals surface area contributed by atoms with Gasteiger partial charge >= 0.3 is 0 Å². The van der Waals surface area contributed by atoms with Crippen LogP contribution in [0.4, 0.5) is 0 Å². The highest BCUT2D eigenvalue weighted by atomic mass is 16.5. The summed E-state index contributed by atoms with van der Waals surface area (Å²) in [4.78, 5) is 0. The average Bonchev–Trinajstić information content (AvgIpc) is 2.38. The van der Waals surface area contributed by atoms with Crippen molar-refractivity contribution in [1.29, 1.82) is 0 Å². The molecule has 2 nitrogen and oxygen atoms in total. The fourth-order valence-corrected chi connectivity index (χ4v) is 1.86. The maximum Gasteiger partial charge on any atom is 0.125 e. The van der Waals surface area contributed by atoms with Crippen LogP contribution in [0.1, 0.15) is 11.1 Å². The second-order valence-electron chi connectivity index (χ2n) is 3.98. The van der Waals surface area contributed by atoms with E-state index >= 15 is 0 Å². The lowest BCUT2D eigenvalue weighted by Crippen LogP contribution is -1.95. The number of phenols is 1. The molecule has 0 bridgehead atoms. The Bertz CT molecular complexity index is 478. The quantitative estimate of drug-likeness (QED) is 0.870. The Morgan fingerprint density at radius 3 is 2.47 bits per heavy atom. The van der Waals surface area contributed by atoms with Crippen LogP contribution in [0.15, 0.2) is 48.5 Å². The topological polar surface area (TPSA) is 29.5 Å². The van der Waals surface area contributed by atoms with Crippen molar-refractivity contribution < 1.29 is 9.84 Å². The molecule has 1 N–H and O–H groups in total. The van der Waals surface area contributed by atoms with Gasteiger partial charge in [-0.1, -0.05) is 36.4 Å². The van der Waals surface area contributed by atoms with Crippen molar-refractivity contribution in [2.24, 2.45) is 0 Å². The first-order valence-corrected chi connectivity index (χ1v) is 5.69. The van der Waals surface area contributed by atoms with Gasteiger partial charge in [-0.25, -0.2) is 0 Å². The monoisotopic (exact) mass is 228 g/mol. The van der Waals surface area contributed by atoms with Crippen LogP contribution >= 0.6 is 0 Å². The van der Waals surface area contributed by atoms with E-state index in [1.807, 2.05) is 24.3 Å². The maximum atomic E-state index is 9.37. The van der Waals surface area contributed by atoms with E-state index in [0.29, 0.717) is 0 Å². The molecule has 17 heavy (non-hydrogen) atoms. The molecule has 0 radical (unpaired) electrons. The third-order valence-corrected chi connectivity index (χ3v) is 2.80. The normalized spacial score (nSPS) is 10.2. The fourth-order valence-electron chi connectivity index (χ4n) is 1.86. The third kappa shape index (κ3) is 3.00. The van der Waals surface area contributed by atoms with Crippen molar-refractivity contribution in [3.63, 3.8) is 0 Å². The van der Waals surface area contributed by atoms with Crippen LogP contribution in [0, 0.1) is 0 Å². The highest BCUT2D eigenvalue weighted by Gasteiger charge is 2.04. The summed E-state index contributed by atoms with van der Waals surface area (Å²) in [5.74, 6) is 0.992. The van der Waals surface area contributed by atoms with Crippen molar-refractivity contribution in [2.75, 3.05) is 7.11 Å². The summed E-state index contributed by atoms with van der Waals surface area (Å²) in [5.41, 5.74) is 2.43. The smallest absolute Gasteiger partial charge is 0.125 e. The second kappa shape index (κ2) is 5.39. The third-order valence-electron chi connectivity index (χ3n) is 2.80. The lowest BCUT2D eigenvalue weighted by molar-refractivity contribution is 0.402. The molecular formula is C15H16O2. The zero-order valence-corrected chi connectivity index (χ0v) is 9.89. The molecule has 2 aromatic carbocycles. The summed E-state index contributed by atoms with van der Waals surface area (Å²) >= 11 is 0. The summed E-state index contributed by atoms with van der Waals surface area (Å²) in [5, 5.41) is 9.37. The predicted molar refractivity (Wildman–Crippen MR) is 68.5 cm³/mol. The highest BCUT2D eigenvalue weighted by Crippen LogP contribution is 2.24. The van der Waals surface area contributed by atoms with E-state index in [9.17, 15) is 5.11 Å². The SMILES string of the molecule is COc1cc(O)ccc1CCc1ccccc1. The molecule has 0 saturated heterocycles. The van der Waals surface area contributed by atoms with Gasteiger partial charge in [0.25, 0.3) is 0 Å². The standard InChI is InChI=1S/C15H16O2/c1-17-15-11-14(16)10-9-13(15)8-7-12-5-3-2-4-6-12/h2-6,9-11,16H,7-8H2,1H3. The largest absolute Gasteiger partial charge is 0.508 e. The fraction of sp³-hybridized carbons (Fsp3) is 0.200. The summed E-state index contributed by atoms with van der Waals surface area (Å²) in [6.07, 6.45) is 1.88. The molecule has 88 valence electrons. The number of aryl methyl sites for hydroxylation is 2. The van der Waals surface area contributed by atoms with Crippen LogP contribution < -0.4 is 4.74 Å². The number of hydrogen-bond donors (Lipinski definition) is 1. The van der Waals surface area contributed by atoms with E-state index in [-0.39, 0.29) is 5.75 Å². The molecule has 0 aliphatic carbocycles. The van der Waals surface area contributed by atoms with E-state index in [1.165, 1.54) is 5.56 Å². The molecule has 0 saturated carbocycles. The minimum atomic E-state index is 0.241. The second-order valence-corrected chi connectivity index (χ2v) is 3.98. The Labute approximate surface area is 101 Å². The molecule has 0 aliphatic heterocycles. The van der Waals surface area contributed by atoms with E-state index < -0.39 is 0 Å². The Balaban J connectivity index is 2.09. The number of hydrogen-bond acceptors (Lipinski definition) is 2. The van der Waals surface area contributed by atoms with E-state index in [2.05, 4.69) is 12.1 Å². The van der Waals surface area contributed by atoms with Crippen LogP contribution in [0.25, 0.3) is 0 Å². The van der Waals surface area contributed by atoms with Crippen LogP contribution in [-0.2, 0) is 12.8 Å². The highest BCUT2D eigenvalue weighted by molar-refractivity contribution is 5.40. The Kier molecular flexibility index (Phi) is 3.66. The van der Waals surface area contributed by atoms with Gasteiger partial charge in [0.2, 0.25) is 0 Å². The van der Waals surface area contributed by atoms with E-state index in [0.717, 1.165) is 24.2 Å². The number of rotatable bonds is 4. The van der Waals surface area contributed by atoms with Crippen molar-refractivity contribution in [2.45, 2.75) is 12.8 Å². The van der Waals surface area contributed by atoms with Crippen molar-refractivity contribution in [1.82, 2.24) is 0 Å². The molecule has 2 aromatic rings. The van der Waals surface area contributed by atoms with Gasteiger partial charge < -0.3 is 9.84 Å². The molecule has 0 aromatic heterocycles. The molecule has 0 atom stereocenters. The molecule has 0 amide bonds. The first kappa shape index (κ1) is 11.5. The zero-order chi connectivity index (χ0) is 12.1. The number of benzene rings is 2. The summed E-state index contributed by atoms with van der Waals surface area (Å²) in [6.45, 7) is 0. The number of aromatic hydroxyl groups is 1. The zero-order valence-electron chi connectivity index (χ0n) is 9.89. The number of methoxy groups -OCH3 is 1. The van der Waals surface area contributed by atoms with Gasteiger partial charge in [0.05, 0.1) is 7.11 Å². The Morgan fingerprint density at radius 2 is 1.76 bits per heavy atom. The van der Waals surface area contributed by atoms with Gasteiger partial charge in [-0.15, -0.1) is 0 Å². The molecule has 0 spiro atoms. The van der Waals surface area contributed by atoms with E-state index in [1.54, 1.807) is 19.2 Å².